The van der Waals surface area contributed by atoms with E-state index in [1.54, 1.807) is 48.4 Å². The van der Waals surface area contributed by atoms with E-state index in [-0.39, 0.29) is 29.2 Å². The minimum atomic E-state index is -0.673. The van der Waals surface area contributed by atoms with Gasteiger partial charge in [0.05, 0.1) is 12.7 Å². The van der Waals surface area contributed by atoms with Crippen molar-refractivity contribution in [2.45, 2.75) is 38.1 Å². The van der Waals surface area contributed by atoms with Crippen molar-refractivity contribution in [3.63, 3.8) is 0 Å². The summed E-state index contributed by atoms with van der Waals surface area (Å²) in [5, 5.41) is 2.99. The average molecular weight is 482 g/mol. The molecule has 3 amide bonds. The van der Waals surface area contributed by atoms with Crippen LogP contribution >= 0.6 is 0 Å². The van der Waals surface area contributed by atoms with Crippen molar-refractivity contribution < 1.29 is 23.5 Å². The summed E-state index contributed by atoms with van der Waals surface area (Å²) in [6.07, 6.45) is 4.12. The number of benzene rings is 2. The smallest absolute Gasteiger partial charge is 0.256 e. The highest BCUT2D eigenvalue weighted by Gasteiger charge is 2.37. The number of amides is 3. The van der Waals surface area contributed by atoms with E-state index >= 15 is 0 Å². The van der Waals surface area contributed by atoms with Crippen molar-refractivity contribution >= 4 is 17.7 Å². The van der Waals surface area contributed by atoms with Gasteiger partial charge in [-0.1, -0.05) is 12.1 Å². The molecule has 2 aliphatic rings. The Kier molecular flexibility index (Phi) is 8.00. The summed E-state index contributed by atoms with van der Waals surface area (Å²) in [7, 11) is 1.56. The second-order valence-electron chi connectivity index (χ2n) is 9.18. The number of hydrogen-bond acceptors (Lipinski definition) is 4. The summed E-state index contributed by atoms with van der Waals surface area (Å²) in [6.45, 7) is 2.19. The standard InChI is InChI=1S/C27H32FN3O4/c1-35-21-11-9-20(10-12-21)25(32)29-24(27(34)30-15-5-2-6-16-30)19-13-17-31(18-14-19)26(33)22-7-3-4-8-23(22)28/h3-4,7-12,19,24H,2,5-6,13-18H2,1H3,(H,29,32)/t24-/m0/s1. The zero-order valence-electron chi connectivity index (χ0n) is 20.0. The van der Waals surface area contributed by atoms with Crippen LogP contribution in [0.5, 0.6) is 5.75 Å². The lowest BCUT2D eigenvalue weighted by molar-refractivity contribution is -0.136. The number of halogens is 1. The molecule has 2 aliphatic heterocycles. The van der Waals surface area contributed by atoms with E-state index in [0.717, 1.165) is 19.3 Å². The number of hydrogen-bond donors (Lipinski definition) is 1. The Balaban J connectivity index is 1.47. The lowest BCUT2D eigenvalue weighted by atomic mass is 9.87. The molecule has 2 aromatic carbocycles. The molecule has 1 N–H and O–H groups in total. The molecule has 7 nitrogen and oxygen atoms in total. The van der Waals surface area contributed by atoms with Gasteiger partial charge in [0.1, 0.15) is 17.6 Å². The summed E-state index contributed by atoms with van der Waals surface area (Å²) in [4.78, 5) is 42.9. The topological polar surface area (TPSA) is 79.0 Å². The molecule has 2 saturated heterocycles. The van der Waals surface area contributed by atoms with Crippen molar-refractivity contribution in [1.82, 2.24) is 15.1 Å². The van der Waals surface area contributed by atoms with Gasteiger partial charge in [-0.3, -0.25) is 14.4 Å². The SMILES string of the molecule is COc1ccc(C(=O)N[C@H](C(=O)N2CCCCC2)C2CCN(C(=O)c3ccccc3F)CC2)cc1. The van der Waals surface area contributed by atoms with E-state index in [1.807, 2.05) is 4.90 Å². The predicted octanol–water partition coefficient (Wildman–Crippen LogP) is 3.50. The van der Waals surface area contributed by atoms with Crippen LogP contribution in [0, 0.1) is 11.7 Å². The van der Waals surface area contributed by atoms with Crippen LogP contribution in [0.1, 0.15) is 52.8 Å². The first-order valence-corrected chi connectivity index (χ1v) is 12.3. The molecule has 186 valence electrons. The minimum Gasteiger partial charge on any atom is -0.497 e. The van der Waals surface area contributed by atoms with E-state index in [9.17, 15) is 18.8 Å². The molecule has 0 saturated carbocycles. The largest absolute Gasteiger partial charge is 0.497 e. The Bertz CT molecular complexity index is 1040. The highest BCUT2D eigenvalue weighted by atomic mass is 19.1. The van der Waals surface area contributed by atoms with E-state index in [1.165, 1.54) is 12.1 Å². The van der Waals surface area contributed by atoms with Gasteiger partial charge in [0.15, 0.2) is 0 Å². The van der Waals surface area contributed by atoms with Gasteiger partial charge in [-0.15, -0.1) is 0 Å². The Labute approximate surface area is 205 Å². The van der Waals surface area contributed by atoms with Gasteiger partial charge < -0.3 is 19.9 Å². The zero-order valence-corrected chi connectivity index (χ0v) is 20.0. The molecule has 0 unspecified atom stereocenters. The third-order valence-electron chi connectivity index (χ3n) is 6.98. The molecular weight excluding hydrogens is 449 g/mol. The number of rotatable bonds is 6. The monoisotopic (exact) mass is 481 g/mol. The number of nitrogens with one attached hydrogen (secondary N) is 1. The fourth-order valence-corrected chi connectivity index (χ4v) is 4.90. The summed E-state index contributed by atoms with van der Waals surface area (Å²) < 4.78 is 19.3. The maximum Gasteiger partial charge on any atom is 0.256 e. The molecule has 35 heavy (non-hydrogen) atoms. The van der Waals surface area contributed by atoms with Crippen molar-refractivity contribution in [3.8, 4) is 5.75 Å². The summed E-state index contributed by atoms with van der Waals surface area (Å²) in [6, 6.07) is 12.1. The van der Waals surface area contributed by atoms with Crippen molar-refractivity contribution in [3.05, 3.63) is 65.5 Å². The molecular formula is C27H32FN3O4. The number of methoxy groups -OCH3 is 1. The van der Waals surface area contributed by atoms with Crippen molar-refractivity contribution in [1.29, 1.82) is 0 Å². The predicted molar refractivity (Wildman–Crippen MR) is 130 cm³/mol. The highest BCUT2D eigenvalue weighted by molar-refractivity contribution is 5.98. The molecule has 2 fully saturated rings. The minimum absolute atomic E-state index is 0.0553. The van der Waals surface area contributed by atoms with Gasteiger partial charge in [0.2, 0.25) is 5.91 Å². The highest BCUT2D eigenvalue weighted by Crippen LogP contribution is 2.25. The van der Waals surface area contributed by atoms with Crippen LogP contribution in [-0.4, -0.2) is 66.9 Å². The number of likely N-dealkylation sites (tertiary alicyclic amines) is 2. The quantitative estimate of drug-likeness (QED) is 0.685. The lowest BCUT2D eigenvalue weighted by Gasteiger charge is -2.38. The van der Waals surface area contributed by atoms with Gasteiger partial charge in [-0.25, -0.2) is 4.39 Å². The van der Waals surface area contributed by atoms with Gasteiger partial charge >= 0.3 is 0 Å². The second kappa shape index (κ2) is 11.3. The van der Waals surface area contributed by atoms with Gasteiger partial charge in [-0.2, -0.15) is 0 Å². The van der Waals surface area contributed by atoms with E-state index in [2.05, 4.69) is 5.32 Å². The van der Waals surface area contributed by atoms with Gasteiger partial charge in [0, 0.05) is 31.7 Å². The Hall–Kier alpha value is -3.42. The Morgan fingerprint density at radius 1 is 0.914 bits per heavy atom. The second-order valence-corrected chi connectivity index (χ2v) is 9.18. The van der Waals surface area contributed by atoms with Crippen LogP contribution in [0.3, 0.4) is 0 Å². The lowest BCUT2D eigenvalue weighted by Crippen LogP contribution is -2.55. The van der Waals surface area contributed by atoms with Crippen molar-refractivity contribution in [2.75, 3.05) is 33.3 Å². The number of carbonyl (C=O) groups is 3. The first-order chi connectivity index (χ1) is 17.0. The van der Waals surface area contributed by atoms with Crippen LogP contribution in [0.4, 0.5) is 4.39 Å². The summed E-state index contributed by atoms with van der Waals surface area (Å²) in [5.74, 6) is -0.726. The number of nitrogens with zero attached hydrogens (tertiary/aromatic N) is 2. The van der Waals surface area contributed by atoms with Crippen LogP contribution < -0.4 is 10.1 Å². The fourth-order valence-electron chi connectivity index (χ4n) is 4.90. The van der Waals surface area contributed by atoms with Crippen molar-refractivity contribution in [2.24, 2.45) is 5.92 Å². The Morgan fingerprint density at radius 2 is 1.57 bits per heavy atom. The number of piperidine rings is 2. The molecule has 0 bridgehead atoms. The number of carbonyl (C=O) groups excluding carboxylic acids is 3. The molecule has 8 heteroatoms. The maximum absolute atomic E-state index is 14.1. The maximum atomic E-state index is 14.1. The van der Waals surface area contributed by atoms with Gasteiger partial charge in [0.25, 0.3) is 11.8 Å². The van der Waals surface area contributed by atoms with Crippen LogP contribution in [0.2, 0.25) is 0 Å². The first kappa shape index (κ1) is 24.7. The third-order valence-corrected chi connectivity index (χ3v) is 6.98. The van der Waals surface area contributed by atoms with E-state index in [4.69, 9.17) is 4.74 Å². The van der Waals surface area contributed by atoms with E-state index in [0.29, 0.717) is 50.3 Å². The molecule has 0 radical (unpaired) electrons. The molecule has 1 atom stereocenters. The zero-order chi connectivity index (χ0) is 24.8. The third kappa shape index (κ3) is 5.81. The molecule has 0 aliphatic carbocycles. The van der Waals surface area contributed by atoms with Crippen LogP contribution in [0.15, 0.2) is 48.5 Å². The average Bonchev–Trinajstić information content (AvgIpc) is 2.92. The van der Waals surface area contributed by atoms with Crippen LogP contribution in [-0.2, 0) is 4.79 Å². The molecule has 0 spiro atoms. The molecule has 2 aromatic rings. The Morgan fingerprint density at radius 3 is 2.20 bits per heavy atom. The van der Waals surface area contributed by atoms with Gasteiger partial charge in [-0.05, 0) is 74.4 Å². The van der Waals surface area contributed by atoms with Crippen LogP contribution in [0.25, 0.3) is 0 Å². The number of ether oxygens (including phenoxy) is 1. The fraction of sp³-hybridized carbons (Fsp3) is 0.444. The van der Waals surface area contributed by atoms with E-state index < -0.39 is 11.9 Å². The summed E-state index contributed by atoms with van der Waals surface area (Å²) in [5.41, 5.74) is 0.508. The molecule has 2 heterocycles. The summed E-state index contributed by atoms with van der Waals surface area (Å²) >= 11 is 0. The molecule has 4 rings (SSSR count). The first-order valence-electron chi connectivity index (χ1n) is 12.3. The molecule has 0 aromatic heterocycles. The normalized spacial score (nSPS) is 17.5.